The van der Waals surface area contributed by atoms with Gasteiger partial charge in [0.25, 0.3) is 0 Å². The molecule has 31 heavy (non-hydrogen) atoms. The fraction of sp³-hybridized carbons (Fsp3) is 0.471. The third-order valence-electron chi connectivity index (χ3n) is 5.56. The van der Waals surface area contributed by atoms with Crippen molar-refractivity contribution >= 4 is 39.2 Å². The van der Waals surface area contributed by atoms with Crippen LogP contribution in [0.1, 0.15) is 29.9 Å². The average Bonchev–Trinajstić information content (AvgIpc) is 3.31. The van der Waals surface area contributed by atoms with Gasteiger partial charge in [-0.2, -0.15) is 14.5 Å². The number of aryl methyl sites for hydroxylation is 1. The van der Waals surface area contributed by atoms with E-state index in [1.54, 1.807) is 20.2 Å². The first-order valence-corrected chi connectivity index (χ1v) is 11.6. The second-order valence-electron chi connectivity index (χ2n) is 8.88. The molecule has 0 atom stereocenters. The third-order valence-corrected chi connectivity index (χ3v) is 7.44. The lowest BCUT2D eigenvalue weighted by molar-refractivity contribution is 0.278. The lowest BCUT2D eigenvalue weighted by Gasteiger charge is -2.32. The second-order valence-corrected chi connectivity index (χ2v) is 10.8. The molecule has 3 aromatic rings. The molecule has 0 amide bonds. The maximum atomic E-state index is 14.7. The lowest BCUT2D eigenvalue weighted by atomic mass is 9.52. The van der Waals surface area contributed by atoms with E-state index in [2.05, 4.69) is 15.2 Å². The predicted octanol–water partition coefficient (Wildman–Crippen LogP) is -1.63. The second kappa shape index (κ2) is 7.66. The first kappa shape index (κ1) is 21.9. The van der Waals surface area contributed by atoms with Gasteiger partial charge in [-0.15, -0.1) is 0 Å². The van der Waals surface area contributed by atoms with Gasteiger partial charge < -0.3 is 4.74 Å². The number of ether oxygens (including phenoxy) is 1. The van der Waals surface area contributed by atoms with E-state index in [1.165, 1.54) is 26.0 Å². The summed E-state index contributed by atoms with van der Waals surface area (Å²) in [5, 5.41) is 7.58. The molecule has 14 heteroatoms. The van der Waals surface area contributed by atoms with Crippen LogP contribution in [0.3, 0.4) is 0 Å². The molecule has 162 valence electrons. The van der Waals surface area contributed by atoms with Gasteiger partial charge in [0.2, 0.25) is 15.9 Å². The highest BCUT2D eigenvalue weighted by atomic mass is 32.2. The Morgan fingerprint density at radius 1 is 1.23 bits per heavy atom. The van der Waals surface area contributed by atoms with Gasteiger partial charge in [0, 0.05) is 31.6 Å². The summed E-state index contributed by atoms with van der Waals surface area (Å²) in [7, 11) is 3.46. The number of fused-ring (bicyclic) bond motifs is 1. The van der Waals surface area contributed by atoms with Crippen molar-refractivity contribution in [2.75, 3.05) is 13.1 Å². The molecule has 0 spiro atoms. The highest BCUT2D eigenvalue weighted by molar-refractivity contribution is 7.89. The molecule has 3 aromatic heterocycles. The van der Waals surface area contributed by atoms with Crippen LogP contribution in [-0.2, 0) is 17.1 Å². The molecule has 0 bridgehead atoms. The minimum Gasteiger partial charge on any atom is -0.498 e. The zero-order valence-corrected chi connectivity index (χ0v) is 19.1. The standard InChI is InChI=1S/C17H24B3FN6O3S/c1-10-12(8-27-15(14(10)21)22-9-24-27)11-3-5-26(6-4-11)31(28,29)13-7-23-25(2)16(13)30-17(18,19)20/h7-9,11H,3-6,18-20H2,1-2H3. The van der Waals surface area contributed by atoms with Crippen LogP contribution in [0.2, 0.25) is 0 Å². The first-order chi connectivity index (χ1) is 14.5. The molecule has 1 fully saturated rings. The van der Waals surface area contributed by atoms with E-state index >= 15 is 0 Å². The van der Waals surface area contributed by atoms with Crippen molar-refractivity contribution < 1.29 is 17.5 Å². The van der Waals surface area contributed by atoms with Crippen LogP contribution in [0.5, 0.6) is 5.88 Å². The van der Waals surface area contributed by atoms with Crippen molar-refractivity contribution in [3.05, 3.63) is 35.7 Å². The molecule has 0 N–H and O–H groups in total. The zero-order valence-electron chi connectivity index (χ0n) is 18.3. The van der Waals surface area contributed by atoms with Crippen LogP contribution in [0, 0.1) is 12.7 Å². The van der Waals surface area contributed by atoms with E-state index in [0.717, 1.165) is 5.56 Å². The molecule has 4 rings (SSSR count). The summed E-state index contributed by atoms with van der Waals surface area (Å²) < 4.78 is 51.5. The Balaban J connectivity index is 1.56. The third kappa shape index (κ3) is 3.98. The van der Waals surface area contributed by atoms with Gasteiger partial charge in [0.1, 0.15) is 29.9 Å². The Hall–Kier alpha value is -2.34. The number of hydrogen-bond donors (Lipinski definition) is 0. The Morgan fingerprint density at radius 3 is 2.55 bits per heavy atom. The van der Waals surface area contributed by atoms with E-state index < -0.39 is 15.3 Å². The summed E-state index contributed by atoms with van der Waals surface area (Å²) in [5.41, 5.74) is 1.57. The minimum absolute atomic E-state index is 0.0359. The number of halogens is 1. The Labute approximate surface area is 183 Å². The number of rotatable bonds is 5. The number of hydrogen-bond acceptors (Lipinski definition) is 6. The van der Waals surface area contributed by atoms with Crippen molar-refractivity contribution in [3.8, 4) is 5.88 Å². The van der Waals surface area contributed by atoms with Crippen LogP contribution in [0.4, 0.5) is 4.39 Å². The number of sulfonamides is 1. The van der Waals surface area contributed by atoms with Gasteiger partial charge in [-0.25, -0.2) is 27.0 Å². The Morgan fingerprint density at radius 2 is 1.90 bits per heavy atom. The Kier molecular flexibility index (Phi) is 5.41. The van der Waals surface area contributed by atoms with Gasteiger partial charge in [0.15, 0.2) is 16.4 Å². The summed E-state index contributed by atoms with van der Waals surface area (Å²) in [6.07, 6.45) is 5.61. The van der Waals surface area contributed by atoms with Crippen LogP contribution in [-0.4, -0.2) is 79.0 Å². The van der Waals surface area contributed by atoms with Gasteiger partial charge >= 0.3 is 0 Å². The molecule has 0 saturated carbocycles. The summed E-state index contributed by atoms with van der Waals surface area (Å²) in [5.74, 6) is -0.123. The molecule has 0 radical (unpaired) electrons. The van der Waals surface area contributed by atoms with Crippen molar-refractivity contribution in [2.24, 2.45) is 7.05 Å². The molecule has 9 nitrogen and oxygen atoms in total. The summed E-state index contributed by atoms with van der Waals surface area (Å²) in [6.45, 7) is 2.38. The largest absolute Gasteiger partial charge is 0.498 e. The molecule has 0 aromatic carbocycles. The topological polar surface area (TPSA) is 94.6 Å². The highest BCUT2D eigenvalue weighted by Gasteiger charge is 2.35. The van der Waals surface area contributed by atoms with Crippen molar-refractivity contribution in [1.29, 1.82) is 0 Å². The van der Waals surface area contributed by atoms with Crippen molar-refractivity contribution in [2.45, 2.75) is 35.9 Å². The number of pyridine rings is 1. The SMILES string of the molecule is BC(B)(B)Oc1c(S(=O)(=O)N2CCC(c3cn4ncnc4c(F)c3C)CC2)cnn1C. The van der Waals surface area contributed by atoms with E-state index in [0.29, 0.717) is 31.5 Å². The van der Waals surface area contributed by atoms with E-state index in [-0.39, 0.29) is 28.2 Å². The quantitative estimate of drug-likeness (QED) is 0.439. The van der Waals surface area contributed by atoms with Crippen molar-refractivity contribution in [1.82, 2.24) is 28.7 Å². The molecule has 1 aliphatic heterocycles. The van der Waals surface area contributed by atoms with Gasteiger partial charge in [-0.3, -0.25) is 0 Å². The fourth-order valence-corrected chi connectivity index (χ4v) is 5.52. The average molecular weight is 444 g/mol. The molecular weight excluding hydrogens is 420 g/mol. The maximum Gasteiger partial charge on any atom is 0.250 e. The molecule has 0 aliphatic carbocycles. The smallest absolute Gasteiger partial charge is 0.250 e. The van der Waals surface area contributed by atoms with Crippen LogP contribution in [0.15, 0.2) is 23.6 Å². The number of piperidine rings is 1. The summed E-state index contributed by atoms with van der Waals surface area (Å²) in [6, 6.07) is 0. The van der Waals surface area contributed by atoms with E-state index in [1.807, 2.05) is 23.5 Å². The lowest BCUT2D eigenvalue weighted by Crippen LogP contribution is -2.40. The molecule has 4 heterocycles. The molecule has 0 unspecified atom stereocenters. The van der Waals surface area contributed by atoms with Gasteiger partial charge in [-0.1, -0.05) is 0 Å². The van der Waals surface area contributed by atoms with Crippen LogP contribution < -0.4 is 4.74 Å². The zero-order chi connectivity index (χ0) is 22.6. The predicted molar refractivity (Wildman–Crippen MR) is 121 cm³/mol. The molecule has 1 saturated heterocycles. The summed E-state index contributed by atoms with van der Waals surface area (Å²) >= 11 is 0. The van der Waals surface area contributed by atoms with Crippen LogP contribution in [0.25, 0.3) is 5.65 Å². The van der Waals surface area contributed by atoms with Crippen molar-refractivity contribution in [3.63, 3.8) is 0 Å². The Bertz CT molecular complexity index is 1230. The van der Waals surface area contributed by atoms with Crippen LogP contribution >= 0.6 is 0 Å². The maximum absolute atomic E-state index is 14.7. The first-order valence-electron chi connectivity index (χ1n) is 10.2. The monoisotopic (exact) mass is 444 g/mol. The number of aromatic nitrogens is 5. The molecule has 1 aliphatic rings. The van der Waals surface area contributed by atoms with E-state index in [9.17, 15) is 12.8 Å². The fourth-order valence-electron chi connectivity index (χ4n) is 3.97. The van der Waals surface area contributed by atoms with E-state index in [4.69, 9.17) is 4.74 Å². The van der Waals surface area contributed by atoms with Gasteiger partial charge in [0.05, 0.1) is 6.20 Å². The molecular formula is C17H24B3FN6O3S. The normalized spacial score (nSPS) is 16.7. The summed E-state index contributed by atoms with van der Waals surface area (Å²) in [4.78, 5) is 4.01. The minimum atomic E-state index is -3.77. The highest BCUT2D eigenvalue weighted by Crippen LogP contribution is 2.35. The number of nitrogens with zero attached hydrogens (tertiary/aromatic N) is 6. The van der Waals surface area contributed by atoms with Gasteiger partial charge in [-0.05, 0) is 36.8 Å².